The molecule has 2 aliphatic heterocycles. The lowest BCUT2D eigenvalue weighted by Gasteiger charge is -2.31. The number of imide groups is 1. The van der Waals surface area contributed by atoms with Gasteiger partial charge in [-0.25, -0.2) is 9.78 Å². The van der Waals surface area contributed by atoms with Gasteiger partial charge in [0.2, 0.25) is 5.91 Å². The second-order valence-electron chi connectivity index (χ2n) is 6.37. The van der Waals surface area contributed by atoms with E-state index in [0.717, 1.165) is 36.5 Å². The van der Waals surface area contributed by atoms with Crippen LogP contribution in [0.1, 0.15) is 23.8 Å². The number of hydrogen-bond acceptors (Lipinski definition) is 5. The van der Waals surface area contributed by atoms with Crippen LogP contribution < -0.4 is 5.32 Å². The lowest BCUT2D eigenvalue weighted by atomic mass is 9.99. The Kier molecular flexibility index (Phi) is 4.20. The Labute approximate surface area is 144 Å². The largest absolute Gasteiger partial charge is 0.336 e. The van der Waals surface area contributed by atoms with Crippen molar-refractivity contribution in [3.8, 4) is 0 Å². The molecular weight excluding hydrogens is 324 g/mol. The zero-order chi connectivity index (χ0) is 16.5. The summed E-state index contributed by atoms with van der Waals surface area (Å²) in [5.74, 6) is 0.270. The molecule has 0 unspecified atom stereocenters. The first-order valence-electron chi connectivity index (χ1n) is 8.37. The molecule has 2 aromatic rings. The maximum Gasteiger partial charge on any atom is 0.324 e. The van der Waals surface area contributed by atoms with Gasteiger partial charge in [0.25, 0.3) is 0 Å². The highest BCUT2D eigenvalue weighted by molar-refractivity contribution is 7.18. The van der Waals surface area contributed by atoms with Gasteiger partial charge in [-0.3, -0.25) is 14.6 Å². The van der Waals surface area contributed by atoms with Gasteiger partial charge in [-0.05, 0) is 31.5 Å². The third-order valence-electron chi connectivity index (χ3n) is 4.68. The monoisotopic (exact) mass is 344 g/mol. The van der Waals surface area contributed by atoms with Crippen molar-refractivity contribution in [2.75, 3.05) is 32.7 Å². The molecule has 2 saturated heterocycles. The van der Waals surface area contributed by atoms with Gasteiger partial charge in [0.1, 0.15) is 0 Å². The van der Waals surface area contributed by atoms with Crippen LogP contribution in [0.5, 0.6) is 0 Å². The molecule has 0 saturated carbocycles. The first-order valence-corrected chi connectivity index (χ1v) is 9.18. The fraction of sp³-hybridized carbons (Fsp3) is 0.471. The summed E-state index contributed by atoms with van der Waals surface area (Å²) < 4.78 is 1.22. The van der Waals surface area contributed by atoms with Crippen LogP contribution in [0.15, 0.2) is 24.3 Å². The average Bonchev–Trinajstić information content (AvgIpc) is 3.21. The molecule has 0 spiro atoms. The van der Waals surface area contributed by atoms with Crippen molar-refractivity contribution >= 4 is 33.5 Å². The molecule has 2 fully saturated rings. The number of para-hydroxylation sites is 1. The van der Waals surface area contributed by atoms with E-state index in [1.807, 2.05) is 18.2 Å². The highest BCUT2D eigenvalue weighted by Crippen LogP contribution is 2.32. The molecule has 4 rings (SSSR count). The van der Waals surface area contributed by atoms with Gasteiger partial charge in [-0.1, -0.05) is 12.1 Å². The number of nitrogens with zero attached hydrogens (tertiary/aromatic N) is 3. The predicted octanol–water partition coefficient (Wildman–Crippen LogP) is 2.03. The van der Waals surface area contributed by atoms with Crippen molar-refractivity contribution in [3.63, 3.8) is 0 Å². The van der Waals surface area contributed by atoms with Crippen LogP contribution in [0, 0.1) is 0 Å². The number of aromatic nitrogens is 1. The number of likely N-dealkylation sites (tertiary alicyclic amines) is 1. The van der Waals surface area contributed by atoms with Crippen molar-refractivity contribution in [2.45, 2.75) is 18.8 Å². The Hall–Kier alpha value is -1.99. The Morgan fingerprint density at radius 1 is 1.33 bits per heavy atom. The topological polar surface area (TPSA) is 65.5 Å². The average molecular weight is 344 g/mol. The SMILES string of the molecule is O=C(CN1CCC[C@@H](c2nc3ccccc3s2)C1)N1CCNC1=O. The van der Waals surface area contributed by atoms with Gasteiger partial charge in [-0.2, -0.15) is 0 Å². The smallest absolute Gasteiger partial charge is 0.324 e. The van der Waals surface area contributed by atoms with Gasteiger partial charge in [-0.15, -0.1) is 11.3 Å². The lowest BCUT2D eigenvalue weighted by Crippen LogP contribution is -2.44. The fourth-order valence-corrected chi connectivity index (χ4v) is 4.54. The summed E-state index contributed by atoms with van der Waals surface area (Å²) in [6, 6.07) is 7.94. The summed E-state index contributed by atoms with van der Waals surface area (Å²) in [5, 5.41) is 3.84. The zero-order valence-electron chi connectivity index (χ0n) is 13.4. The minimum absolute atomic E-state index is 0.102. The molecule has 1 aromatic heterocycles. The van der Waals surface area contributed by atoms with Crippen LogP contribution in [-0.4, -0.2) is 59.4 Å². The number of urea groups is 1. The van der Waals surface area contributed by atoms with Crippen LogP contribution in [0.4, 0.5) is 4.79 Å². The molecule has 3 amide bonds. The van der Waals surface area contributed by atoms with E-state index in [1.54, 1.807) is 11.3 Å². The molecule has 0 bridgehead atoms. The van der Waals surface area contributed by atoms with E-state index in [4.69, 9.17) is 4.98 Å². The molecule has 1 aromatic carbocycles. The van der Waals surface area contributed by atoms with Crippen molar-refractivity contribution in [2.24, 2.45) is 0 Å². The molecule has 0 aliphatic carbocycles. The van der Waals surface area contributed by atoms with Crippen LogP contribution >= 0.6 is 11.3 Å². The van der Waals surface area contributed by atoms with Crippen LogP contribution in [0.3, 0.4) is 0 Å². The van der Waals surface area contributed by atoms with E-state index in [-0.39, 0.29) is 11.9 Å². The highest BCUT2D eigenvalue weighted by Gasteiger charge is 2.30. The number of nitrogens with one attached hydrogen (secondary N) is 1. The lowest BCUT2D eigenvalue weighted by molar-refractivity contribution is -0.129. The second-order valence-corrected chi connectivity index (χ2v) is 7.43. The number of carbonyl (C=O) groups is 2. The molecule has 1 N–H and O–H groups in total. The second kappa shape index (κ2) is 6.49. The van der Waals surface area contributed by atoms with Crippen LogP contribution in [0.2, 0.25) is 0 Å². The number of rotatable bonds is 3. The van der Waals surface area contributed by atoms with Gasteiger partial charge in [0.05, 0.1) is 21.8 Å². The number of piperidine rings is 1. The zero-order valence-corrected chi connectivity index (χ0v) is 14.2. The standard InChI is InChI=1S/C17H20N4O2S/c22-15(21-9-7-18-17(21)23)11-20-8-3-4-12(10-20)16-19-13-5-1-2-6-14(13)24-16/h1-2,5-6,12H,3-4,7-11H2,(H,18,23)/t12-/m1/s1. The summed E-state index contributed by atoms with van der Waals surface area (Å²) in [7, 11) is 0. The molecule has 6 nitrogen and oxygen atoms in total. The van der Waals surface area contributed by atoms with Crippen LogP contribution in [0.25, 0.3) is 10.2 Å². The third-order valence-corrected chi connectivity index (χ3v) is 5.88. The molecule has 126 valence electrons. The molecule has 0 radical (unpaired) electrons. The highest BCUT2D eigenvalue weighted by atomic mass is 32.1. The number of carbonyl (C=O) groups excluding carboxylic acids is 2. The van der Waals surface area contributed by atoms with Gasteiger partial charge < -0.3 is 5.32 Å². The van der Waals surface area contributed by atoms with Crippen molar-refractivity contribution in [1.29, 1.82) is 0 Å². The number of benzene rings is 1. The summed E-state index contributed by atoms with van der Waals surface area (Å²) in [6.07, 6.45) is 2.16. The Balaban J connectivity index is 1.43. The van der Waals surface area contributed by atoms with E-state index >= 15 is 0 Å². The molecular formula is C17H20N4O2S. The van der Waals surface area contributed by atoms with E-state index in [2.05, 4.69) is 16.3 Å². The van der Waals surface area contributed by atoms with Gasteiger partial charge in [0, 0.05) is 25.6 Å². The Bertz CT molecular complexity index is 742. The fourth-order valence-electron chi connectivity index (χ4n) is 3.45. The first-order chi connectivity index (χ1) is 11.7. The summed E-state index contributed by atoms with van der Waals surface area (Å²) in [6.45, 7) is 3.09. The minimum Gasteiger partial charge on any atom is -0.336 e. The molecule has 2 aliphatic rings. The van der Waals surface area contributed by atoms with Crippen LogP contribution in [-0.2, 0) is 4.79 Å². The Morgan fingerprint density at radius 2 is 2.21 bits per heavy atom. The van der Waals surface area contributed by atoms with Gasteiger partial charge in [0.15, 0.2) is 0 Å². The number of amides is 3. The quantitative estimate of drug-likeness (QED) is 0.925. The maximum absolute atomic E-state index is 12.3. The number of fused-ring (bicyclic) bond motifs is 1. The van der Waals surface area contributed by atoms with E-state index in [9.17, 15) is 9.59 Å². The summed E-state index contributed by atoms with van der Waals surface area (Å²) in [5.41, 5.74) is 1.06. The summed E-state index contributed by atoms with van der Waals surface area (Å²) in [4.78, 5) is 32.2. The molecule has 24 heavy (non-hydrogen) atoms. The summed E-state index contributed by atoms with van der Waals surface area (Å²) >= 11 is 1.75. The number of hydrogen-bond donors (Lipinski definition) is 1. The Morgan fingerprint density at radius 3 is 3.00 bits per heavy atom. The van der Waals surface area contributed by atoms with E-state index < -0.39 is 0 Å². The van der Waals surface area contributed by atoms with E-state index in [0.29, 0.717) is 25.6 Å². The molecule has 1 atom stereocenters. The number of thiazole rings is 1. The normalized spacial score (nSPS) is 22.1. The van der Waals surface area contributed by atoms with Crippen molar-refractivity contribution < 1.29 is 9.59 Å². The van der Waals surface area contributed by atoms with Crippen molar-refractivity contribution in [1.82, 2.24) is 20.1 Å². The van der Waals surface area contributed by atoms with Crippen molar-refractivity contribution in [3.05, 3.63) is 29.3 Å². The minimum atomic E-state index is -0.264. The first kappa shape index (κ1) is 15.5. The third kappa shape index (κ3) is 3.01. The maximum atomic E-state index is 12.3. The van der Waals surface area contributed by atoms with Gasteiger partial charge >= 0.3 is 6.03 Å². The predicted molar refractivity (Wildman–Crippen MR) is 93.1 cm³/mol. The van der Waals surface area contributed by atoms with E-state index in [1.165, 1.54) is 9.60 Å². The molecule has 7 heteroatoms. The molecule has 3 heterocycles.